The van der Waals surface area contributed by atoms with Crippen LogP contribution in [0.3, 0.4) is 0 Å². The van der Waals surface area contributed by atoms with Crippen LogP contribution >= 0.6 is 0 Å². The summed E-state index contributed by atoms with van der Waals surface area (Å²) in [6.07, 6.45) is 1.97. The van der Waals surface area contributed by atoms with E-state index in [1.54, 1.807) is 15.6 Å². The number of aromatic nitrogens is 3. The monoisotopic (exact) mass is 564 g/mol. The molecule has 0 aliphatic carbocycles. The molecular formula is C30H40N6O5. The molecule has 6 rings (SSSR count). The molecule has 3 fully saturated rings. The molecule has 0 bridgehead atoms. The molecule has 4 atom stereocenters. The Hall–Kier alpha value is -3.38. The Bertz CT molecular complexity index is 1310. The van der Waals surface area contributed by atoms with Gasteiger partial charge in [0.15, 0.2) is 6.29 Å². The number of ether oxygens (including phenoxy) is 4. The van der Waals surface area contributed by atoms with E-state index in [4.69, 9.17) is 18.9 Å². The third-order valence-electron chi connectivity index (χ3n) is 8.15. The highest BCUT2D eigenvalue weighted by Gasteiger charge is 2.34. The number of benzene rings is 2. The number of anilines is 2. The minimum absolute atomic E-state index is 0.0655. The summed E-state index contributed by atoms with van der Waals surface area (Å²) >= 11 is 0. The van der Waals surface area contributed by atoms with Crippen LogP contribution in [0.25, 0.3) is 5.69 Å². The molecular weight excluding hydrogens is 524 g/mol. The summed E-state index contributed by atoms with van der Waals surface area (Å²) in [4.78, 5) is 17.5. The molecule has 3 unspecified atom stereocenters. The van der Waals surface area contributed by atoms with Crippen molar-refractivity contribution in [1.29, 1.82) is 0 Å². The van der Waals surface area contributed by atoms with Crippen LogP contribution in [-0.2, 0) is 14.2 Å². The van der Waals surface area contributed by atoms with Gasteiger partial charge in [-0.1, -0.05) is 6.92 Å². The molecule has 0 spiro atoms. The van der Waals surface area contributed by atoms with Crippen molar-refractivity contribution in [3.8, 4) is 11.4 Å². The normalized spacial score (nSPS) is 24.0. The highest BCUT2D eigenvalue weighted by atomic mass is 16.7. The van der Waals surface area contributed by atoms with Gasteiger partial charge in [-0.15, -0.1) is 0 Å². The fourth-order valence-electron chi connectivity index (χ4n) is 5.47. The van der Waals surface area contributed by atoms with Gasteiger partial charge in [0.25, 0.3) is 0 Å². The predicted octanol–water partition coefficient (Wildman–Crippen LogP) is 2.44. The molecule has 41 heavy (non-hydrogen) atoms. The molecule has 11 heteroatoms. The molecule has 0 amide bonds. The summed E-state index contributed by atoms with van der Waals surface area (Å²) in [5.74, 6) is 0.823. The summed E-state index contributed by atoms with van der Waals surface area (Å²) < 4.78 is 26.7. The highest BCUT2D eigenvalue weighted by Crippen LogP contribution is 2.25. The van der Waals surface area contributed by atoms with Gasteiger partial charge in [-0.05, 0) is 61.9 Å². The number of hydrogen-bond donors (Lipinski definition) is 1. The lowest BCUT2D eigenvalue weighted by Crippen LogP contribution is -2.46. The van der Waals surface area contributed by atoms with Gasteiger partial charge in [0.1, 0.15) is 30.9 Å². The van der Waals surface area contributed by atoms with Crippen LogP contribution in [0.1, 0.15) is 26.3 Å². The molecule has 3 aromatic rings. The molecule has 2 aromatic carbocycles. The average molecular weight is 565 g/mol. The van der Waals surface area contributed by atoms with E-state index in [1.807, 2.05) is 31.2 Å². The molecule has 0 radical (unpaired) electrons. The average Bonchev–Trinajstić information content (AvgIpc) is 3.67. The number of hydrogen-bond acceptors (Lipinski definition) is 9. The third-order valence-corrected chi connectivity index (χ3v) is 8.15. The molecule has 3 saturated heterocycles. The predicted molar refractivity (Wildman–Crippen MR) is 156 cm³/mol. The molecule has 11 nitrogen and oxygen atoms in total. The molecule has 4 heterocycles. The summed E-state index contributed by atoms with van der Waals surface area (Å²) in [7, 11) is 0. The zero-order chi connectivity index (χ0) is 28.2. The molecule has 1 N–H and O–H groups in total. The minimum Gasteiger partial charge on any atom is -0.491 e. The van der Waals surface area contributed by atoms with Gasteiger partial charge in [0.2, 0.25) is 0 Å². The first-order chi connectivity index (χ1) is 20.1. The first-order valence-corrected chi connectivity index (χ1v) is 14.7. The number of nitrogens with zero attached hydrogens (tertiary/aromatic N) is 5. The van der Waals surface area contributed by atoms with Crippen molar-refractivity contribution in [2.24, 2.45) is 0 Å². The third kappa shape index (κ3) is 6.28. The van der Waals surface area contributed by atoms with Gasteiger partial charge in [0, 0.05) is 50.6 Å². The van der Waals surface area contributed by atoms with Crippen molar-refractivity contribution in [2.45, 2.75) is 44.8 Å². The SMILES string of the molecule is CCC(C)n1ncn(-c2ccc(N3CCN(c4ccc(OC[C@@H]5COC(C6CNCCO6)O5)cc4)CC3)cc2)c1=O. The maximum atomic E-state index is 12.7. The summed E-state index contributed by atoms with van der Waals surface area (Å²) in [5.41, 5.74) is 3.07. The first kappa shape index (κ1) is 27.8. The van der Waals surface area contributed by atoms with Crippen molar-refractivity contribution in [1.82, 2.24) is 19.7 Å². The Balaban J connectivity index is 0.971. The maximum Gasteiger partial charge on any atom is 0.350 e. The highest BCUT2D eigenvalue weighted by molar-refractivity contribution is 5.54. The largest absolute Gasteiger partial charge is 0.491 e. The van der Waals surface area contributed by atoms with Gasteiger partial charge < -0.3 is 34.1 Å². The van der Waals surface area contributed by atoms with Gasteiger partial charge in [0.05, 0.1) is 24.9 Å². The lowest BCUT2D eigenvalue weighted by Gasteiger charge is -2.37. The van der Waals surface area contributed by atoms with E-state index >= 15 is 0 Å². The van der Waals surface area contributed by atoms with E-state index in [1.165, 1.54) is 5.69 Å². The molecule has 0 saturated carbocycles. The molecule has 220 valence electrons. The van der Waals surface area contributed by atoms with Gasteiger partial charge in [-0.25, -0.2) is 14.0 Å². The minimum atomic E-state index is -0.334. The van der Waals surface area contributed by atoms with Crippen molar-refractivity contribution in [3.63, 3.8) is 0 Å². The Labute approximate surface area is 240 Å². The quantitative estimate of drug-likeness (QED) is 0.421. The second-order valence-electron chi connectivity index (χ2n) is 10.9. The van der Waals surface area contributed by atoms with Crippen LogP contribution in [0, 0.1) is 0 Å². The Morgan fingerprint density at radius 2 is 1.63 bits per heavy atom. The van der Waals surface area contributed by atoms with Crippen LogP contribution in [0.2, 0.25) is 0 Å². The fourth-order valence-corrected chi connectivity index (χ4v) is 5.47. The number of rotatable bonds is 9. The molecule has 1 aromatic heterocycles. The van der Waals surface area contributed by atoms with E-state index in [0.717, 1.165) is 62.8 Å². The Kier molecular flexibility index (Phi) is 8.56. The smallest absolute Gasteiger partial charge is 0.350 e. The van der Waals surface area contributed by atoms with E-state index in [9.17, 15) is 4.79 Å². The molecule has 3 aliphatic heterocycles. The summed E-state index contributed by atoms with van der Waals surface area (Å²) in [5, 5.41) is 7.60. The second kappa shape index (κ2) is 12.6. The number of nitrogens with one attached hydrogen (secondary N) is 1. The Morgan fingerprint density at radius 3 is 2.27 bits per heavy atom. The number of piperazine rings is 1. The van der Waals surface area contributed by atoms with Gasteiger partial charge in [-0.2, -0.15) is 5.10 Å². The van der Waals surface area contributed by atoms with Crippen LogP contribution in [-0.4, -0.2) is 91.9 Å². The summed E-state index contributed by atoms with van der Waals surface area (Å²) in [6.45, 7) is 11.0. The van der Waals surface area contributed by atoms with Crippen LogP contribution in [0.15, 0.2) is 59.7 Å². The van der Waals surface area contributed by atoms with Gasteiger partial charge >= 0.3 is 5.69 Å². The van der Waals surface area contributed by atoms with Crippen molar-refractivity contribution < 1.29 is 18.9 Å². The summed E-state index contributed by atoms with van der Waals surface area (Å²) in [6, 6.07) is 16.5. The Morgan fingerprint density at radius 1 is 0.976 bits per heavy atom. The van der Waals surface area contributed by atoms with Crippen LogP contribution < -0.4 is 25.5 Å². The van der Waals surface area contributed by atoms with Crippen molar-refractivity contribution in [3.05, 3.63) is 65.3 Å². The van der Waals surface area contributed by atoms with E-state index in [2.05, 4.69) is 51.4 Å². The standard InChI is InChI=1S/C30H40N6O5/c1-3-22(2)36-30(37)35(21-32-36)25-6-4-23(5-7-25)33-13-15-34(16-14-33)24-8-10-26(11-9-24)39-19-27-20-40-29(41-27)28-18-31-12-17-38-28/h4-11,21-22,27-29,31H,3,12-20H2,1-2H3/t22?,27-,28?,29?/m1/s1. The second-order valence-corrected chi connectivity index (χ2v) is 10.9. The van der Waals surface area contributed by atoms with Crippen LogP contribution in [0.4, 0.5) is 11.4 Å². The molecule has 3 aliphatic rings. The topological polar surface area (TPSA) is 95.3 Å². The van der Waals surface area contributed by atoms with E-state index < -0.39 is 0 Å². The zero-order valence-electron chi connectivity index (χ0n) is 23.9. The van der Waals surface area contributed by atoms with E-state index in [0.29, 0.717) is 19.8 Å². The van der Waals surface area contributed by atoms with E-state index in [-0.39, 0.29) is 30.2 Å². The zero-order valence-corrected chi connectivity index (χ0v) is 23.9. The van der Waals surface area contributed by atoms with Crippen LogP contribution in [0.5, 0.6) is 5.75 Å². The van der Waals surface area contributed by atoms with Crippen molar-refractivity contribution in [2.75, 3.05) is 68.9 Å². The lowest BCUT2D eigenvalue weighted by atomic mass is 10.2. The number of morpholine rings is 1. The van der Waals surface area contributed by atoms with Gasteiger partial charge in [-0.3, -0.25) is 0 Å². The van der Waals surface area contributed by atoms with Crippen molar-refractivity contribution >= 4 is 11.4 Å². The maximum absolute atomic E-state index is 12.7. The fraction of sp³-hybridized carbons (Fsp3) is 0.533. The first-order valence-electron chi connectivity index (χ1n) is 14.7. The lowest BCUT2D eigenvalue weighted by molar-refractivity contribution is -0.159.